The molecule has 0 unspecified atom stereocenters. The highest BCUT2D eigenvalue weighted by molar-refractivity contribution is 5.45. The van der Waals surface area contributed by atoms with Crippen molar-refractivity contribution in [2.45, 2.75) is 12.6 Å². The van der Waals surface area contributed by atoms with Crippen molar-refractivity contribution in [2.24, 2.45) is 5.90 Å². The first-order chi connectivity index (χ1) is 11.2. The number of rotatable bonds is 4. The van der Waals surface area contributed by atoms with E-state index in [1.165, 1.54) is 18.2 Å². The van der Waals surface area contributed by atoms with E-state index in [1.54, 1.807) is 18.2 Å². The molecule has 0 radical (unpaired) electrons. The molecule has 0 aromatic heterocycles. The summed E-state index contributed by atoms with van der Waals surface area (Å²) in [5, 5.41) is 15.5. The smallest absolute Gasteiger partial charge is 0.132 e. The number of benzene rings is 2. The maximum absolute atomic E-state index is 13.5. The van der Waals surface area contributed by atoms with Crippen molar-refractivity contribution in [1.82, 2.24) is 5.48 Å². The average Bonchev–Trinajstić information content (AvgIpc) is 2.98. The summed E-state index contributed by atoms with van der Waals surface area (Å²) in [6, 6.07) is 8.43. The fourth-order valence-corrected chi connectivity index (χ4v) is 2.21. The molecule has 0 amide bonds. The van der Waals surface area contributed by atoms with E-state index >= 15 is 0 Å². The van der Waals surface area contributed by atoms with Crippen molar-refractivity contribution in [1.29, 1.82) is 0 Å². The molecule has 5 N–H and O–H groups in total. The third-order valence-corrected chi connectivity index (χ3v) is 3.37. The zero-order valence-electron chi connectivity index (χ0n) is 12.0. The summed E-state index contributed by atoms with van der Waals surface area (Å²) in [7, 11) is 0. The molecule has 0 saturated heterocycles. The average molecular weight is 326 g/mol. The largest absolute Gasteiger partial charge is 0.491 e. The van der Waals surface area contributed by atoms with Gasteiger partial charge in [0.2, 0.25) is 0 Å². The molecule has 6 nitrogen and oxygen atoms in total. The first-order valence-electron chi connectivity index (χ1n) is 6.67. The van der Waals surface area contributed by atoms with Gasteiger partial charge >= 0.3 is 0 Å². The van der Waals surface area contributed by atoms with E-state index in [9.17, 15) is 8.78 Å². The molecular formula is C15H16F2N2O4. The molecule has 1 aliphatic rings. The number of hydroxylamine groups is 1. The van der Waals surface area contributed by atoms with Crippen LogP contribution in [-0.4, -0.2) is 17.0 Å². The predicted molar refractivity (Wildman–Crippen MR) is 76.3 cm³/mol. The Kier molecular flexibility index (Phi) is 5.83. The summed E-state index contributed by atoms with van der Waals surface area (Å²) < 4.78 is 37.8. The van der Waals surface area contributed by atoms with Crippen LogP contribution in [0.4, 0.5) is 8.78 Å². The molecule has 0 spiro atoms. The third-order valence-electron chi connectivity index (χ3n) is 3.37. The van der Waals surface area contributed by atoms with Gasteiger partial charge < -0.3 is 19.9 Å². The van der Waals surface area contributed by atoms with Crippen LogP contribution in [0.25, 0.3) is 0 Å². The molecule has 1 heterocycles. The Morgan fingerprint density at radius 1 is 1.22 bits per heavy atom. The second kappa shape index (κ2) is 7.84. The molecule has 8 heteroatoms. The second-order valence-electron chi connectivity index (χ2n) is 4.68. The van der Waals surface area contributed by atoms with Gasteiger partial charge in [-0.1, -0.05) is 6.07 Å². The molecule has 1 atom stereocenters. The maximum atomic E-state index is 13.5. The van der Waals surface area contributed by atoms with Crippen LogP contribution in [0, 0.1) is 11.6 Å². The van der Waals surface area contributed by atoms with Crippen LogP contribution in [0.5, 0.6) is 11.5 Å². The Morgan fingerprint density at radius 2 is 1.91 bits per heavy atom. The summed E-state index contributed by atoms with van der Waals surface area (Å²) in [6.45, 7) is 0.107. The van der Waals surface area contributed by atoms with Gasteiger partial charge in [0.1, 0.15) is 36.3 Å². The SMILES string of the molecule is NO.ON[C@@H]1COc2cc(OCc3c(F)cccc3F)ccc21. The molecular weight excluding hydrogens is 310 g/mol. The molecule has 2 aromatic carbocycles. The van der Waals surface area contributed by atoms with Crippen LogP contribution >= 0.6 is 0 Å². The highest BCUT2D eigenvalue weighted by atomic mass is 19.1. The molecule has 23 heavy (non-hydrogen) atoms. The van der Waals surface area contributed by atoms with Gasteiger partial charge in [0.05, 0.1) is 11.6 Å². The van der Waals surface area contributed by atoms with E-state index in [0.29, 0.717) is 18.1 Å². The summed E-state index contributed by atoms with van der Waals surface area (Å²) in [6.07, 6.45) is 0. The number of hydrogen-bond donors (Lipinski definition) is 4. The van der Waals surface area contributed by atoms with Gasteiger partial charge in [-0.25, -0.2) is 14.7 Å². The lowest BCUT2D eigenvalue weighted by atomic mass is 10.1. The van der Waals surface area contributed by atoms with Gasteiger partial charge in [-0.3, -0.25) is 0 Å². The monoisotopic (exact) mass is 326 g/mol. The first-order valence-corrected chi connectivity index (χ1v) is 6.67. The minimum Gasteiger partial charge on any atom is -0.491 e. The van der Waals surface area contributed by atoms with E-state index in [0.717, 1.165) is 5.56 Å². The minimum atomic E-state index is -0.642. The highest BCUT2D eigenvalue weighted by Gasteiger charge is 2.23. The molecule has 2 aromatic rings. The van der Waals surface area contributed by atoms with Crippen LogP contribution in [0.15, 0.2) is 36.4 Å². The lowest BCUT2D eigenvalue weighted by molar-refractivity contribution is 0.113. The second-order valence-corrected chi connectivity index (χ2v) is 4.68. The van der Waals surface area contributed by atoms with Gasteiger partial charge in [-0.2, -0.15) is 5.48 Å². The fourth-order valence-electron chi connectivity index (χ4n) is 2.21. The number of halogens is 2. The van der Waals surface area contributed by atoms with Crippen LogP contribution in [0.2, 0.25) is 0 Å². The van der Waals surface area contributed by atoms with E-state index in [1.807, 2.05) is 0 Å². The number of hydrogen-bond acceptors (Lipinski definition) is 6. The third kappa shape index (κ3) is 3.74. The molecule has 3 rings (SSSR count). The molecule has 0 bridgehead atoms. The molecule has 0 aliphatic carbocycles. The van der Waals surface area contributed by atoms with Crippen molar-refractivity contribution >= 4 is 0 Å². The van der Waals surface area contributed by atoms with Crippen molar-refractivity contribution in [3.8, 4) is 11.5 Å². The maximum Gasteiger partial charge on any atom is 0.132 e. The topological polar surface area (TPSA) is 97.0 Å². The van der Waals surface area contributed by atoms with Crippen LogP contribution in [-0.2, 0) is 6.61 Å². The number of fused-ring (bicyclic) bond motifs is 1. The van der Waals surface area contributed by atoms with Crippen molar-refractivity contribution in [2.75, 3.05) is 6.61 Å². The fraction of sp³-hybridized carbons (Fsp3) is 0.200. The van der Waals surface area contributed by atoms with Gasteiger partial charge in [-0.15, -0.1) is 0 Å². The van der Waals surface area contributed by atoms with E-state index in [2.05, 4.69) is 11.4 Å². The van der Waals surface area contributed by atoms with Gasteiger partial charge in [-0.05, 0) is 24.3 Å². The minimum absolute atomic E-state index is 0.117. The molecule has 1 aliphatic heterocycles. The molecule has 0 fully saturated rings. The van der Waals surface area contributed by atoms with Crippen LogP contribution in [0.1, 0.15) is 17.2 Å². The first kappa shape index (κ1) is 17.1. The van der Waals surface area contributed by atoms with Crippen LogP contribution in [0.3, 0.4) is 0 Å². The Hall–Kier alpha value is -2.26. The van der Waals surface area contributed by atoms with Gasteiger partial charge in [0.25, 0.3) is 0 Å². The predicted octanol–water partition coefficient (Wildman–Crippen LogP) is 2.29. The van der Waals surface area contributed by atoms with Crippen molar-refractivity contribution in [3.05, 3.63) is 59.2 Å². The lowest BCUT2D eigenvalue weighted by Crippen LogP contribution is -2.17. The van der Waals surface area contributed by atoms with Crippen molar-refractivity contribution < 1.29 is 28.7 Å². The summed E-state index contributed by atoms with van der Waals surface area (Å²) in [5.74, 6) is 3.23. The Bertz CT molecular complexity index is 650. The number of nitrogens with one attached hydrogen (secondary N) is 1. The highest BCUT2D eigenvalue weighted by Crippen LogP contribution is 2.35. The zero-order valence-corrected chi connectivity index (χ0v) is 12.0. The van der Waals surface area contributed by atoms with E-state index in [4.69, 9.17) is 19.9 Å². The quantitative estimate of drug-likeness (QED) is 0.644. The number of ether oxygens (including phenoxy) is 2. The summed E-state index contributed by atoms with van der Waals surface area (Å²) in [4.78, 5) is 0. The molecule has 0 saturated carbocycles. The molecule has 124 valence electrons. The van der Waals surface area contributed by atoms with E-state index < -0.39 is 11.6 Å². The summed E-state index contributed by atoms with van der Waals surface area (Å²) >= 11 is 0. The van der Waals surface area contributed by atoms with Crippen LogP contribution < -0.4 is 20.9 Å². The normalized spacial score (nSPS) is 15.3. The van der Waals surface area contributed by atoms with Crippen molar-refractivity contribution in [3.63, 3.8) is 0 Å². The Balaban J connectivity index is 0.000000924. The Labute approximate surface area is 131 Å². The number of nitrogens with two attached hydrogens (primary N) is 1. The van der Waals surface area contributed by atoms with Gasteiger partial charge in [0.15, 0.2) is 0 Å². The zero-order chi connectivity index (χ0) is 16.8. The summed E-state index contributed by atoms with van der Waals surface area (Å²) in [5.41, 5.74) is 2.84. The van der Waals surface area contributed by atoms with E-state index in [-0.39, 0.29) is 18.2 Å². The Morgan fingerprint density at radius 3 is 2.57 bits per heavy atom. The lowest BCUT2D eigenvalue weighted by Gasteiger charge is -2.10. The standard InChI is InChI=1S/C15H13F2NO3.H3NO/c16-12-2-1-3-13(17)11(12)7-20-9-4-5-10-14(18-19)8-21-15(10)6-9;1-2/h1-6,14,18-19H,7-8H2;2H,1H2/t14-;/m1./s1. The van der Waals surface area contributed by atoms with Gasteiger partial charge in [0, 0.05) is 11.6 Å².